The fourth-order valence-electron chi connectivity index (χ4n) is 1.69. The Kier molecular flexibility index (Phi) is 2.94. The summed E-state index contributed by atoms with van der Waals surface area (Å²) in [6, 6.07) is 1.74. The molecule has 0 bridgehead atoms. The summed E-state index contributed by atoms with van der Waals surface area (Å²) in [5, 5.41) is 0. The maximum absolute atomic E-state index is 13.1. The van der Waals surface area contributed by atoms with Crippen molar-refractivity contribution in [1.82, 2.24) is 0 Å². The fourth-order valence-corrected chi connectivity index (χ4v) is 2.22. The first-order valence-corrected chi connectivity index (χ1v) is 5.49. The van der Waals surface area contributed by atoms with Crippen LogP contribution in [0, 0.1) is 11.6 Å². The van der Waals surface area contributed by atoms with Crippen LogP contribution in [0.15, 0.2) is 16.6 Å². The van der Waals surface area contributed by atoms with E-state index in [1.807, 2.05) is 0 Å². The van der Waals surface area contributed by atoms with E-state index in [2.05, 4.69) is 15.9 Å². The summed E-state index contributed by atoms with van der Waals surface area (Å²) < 4.78 is 26.3. The molecule has 1 fully saturated rings. The molecule has 0 spiro atoms. The summed E-state index contributed by atoms with van der Waals surface area (Å²) in [4.78, 5) is 12.9. The van der Waals surface area contributed by atoms with Gasteiger partial charge in [0.2, 0.25) is 5.91 Å². The van der Waals surface area contributed by atoms with Gasteiger partial charge in [-0.2, -0.15) is 0 Å². The van der Waals surface area contributed by atoms with Crippen molar-refractivity contribution in [2.75, 3.05) is 11.4 Å². The minimum Gasteiger partial charge on any atom is -0.326 e. The molecule has 1 aliphatic heterocycles. The van der Waals surface area contributed by atoms with E-state index in [1.54, 1.807) is 0 Å². The summed E-state index contributed by atoms with van der Waals surface area (Å²) in [7, 11) is 0. The van der Waals surface area contributed by atoms with Crippen molar-refractivity contribution < 1.29 is 13.6 Å². The molecule has 0 aromatic heterocycles. The molecule has 0 radical (unpaired) electrons. The lowest BCUT2D eigenvalue weighted by atomic mass is 10.2. The molecule has 2 rings (SSSR count). The Hall–Kier alpha value is -1.01. The summed E-state index contributed by atoms with van der Waals surface area (Å²) in [5.41, 5.74) is 5.94. The highest BCUT2D eigenvalue weighted by Crippen LogP contribution is 2.31. The average Bonchev–Trinajstić information content (AvgIpc) is 2.51. The number of carbonyl (C=O) groups is 1. The van der Waals surface area contributed by atoms with Crippen molar-refractivity contribution in [3.63, 3.8) is 0 Å². The number of hydrogen-bond acceptors (Lipinski definition) is 2. The van der Waals surface area contributed by atoms with E-state index in [0.29, 0.717) is 16.7 Å². The van der Waals surface area contributed by atoms with Crippen molar-refractivity contribution in [2.24, 2.45) is 5.73 Å². The standard InChI is InChI=1S/C10H9BrF2N2O/c11-6-2-7(12)8(13)3-9(6)15-4-5(14)1-10(15)16/h2-3,5H,1,4,14H2. The van der Waals surface area contributed by atoms with Gasteiger partial charge in [-0.3, -0.25) is 4.79 Å². The van der Waals surface area contributed by atoms with Crippen LogP contribution in [0.4, 0.5) is 14.5 Å². The number of anilines is 1. The molecule has 1 saturated heterocycles. The lowest BCUT2D eigenvalue weighted by Crippen LogP contribution is -2.28. The number of rotatable bonds is 1. The van der Waals surface area contributed by atoms with Gasteiger partial charge in [-0.05, 0) is 22.0 Å². The number of benzene rings is 1. The normalized spacial score (nSPS) is 20.6. The number of nitrogens with zero attached hydrogens (tertiary/aromatic N) is 1. The molecule has 0 saturated carbocycles. The lowest BCUT2D eigenvalue weighted by Gasteiger charge is -2.17. The van der Waals surface area contributed by atoms with Crippen molar-refractivity contribution in [3.8, 4) is 0 Å². The van der Waals surface area contributed by atoms with Gasteiger partial charge in [-0.15, -0.1) is 0 Å². The Morgan fingerprint density at radius 1 is 1.38 bits per heavy atom. The minimum atomic E-state index is -0.980. The summed E-state index contributed by atoms with van der Waals surface area (Å²) in [6.45, 7) is 0.322. The first kappa shape index (κ1) is 11.5. The van der Waals surface area contributed by atoms with Crippen molar-refractivity contribution in [2.45, 2.75) is 12.5 Å². The van der Waals surface area contributed by atoms with Crippen molar-refractivity contribution in [3.05, 3.63) is 28.2 Å². The monoisotopic (exact) mass is 290 g/mol. The molecule has 2 N–H and O–H groups in total. The Balaban J connectivity index is 2.41. The summed E-state index contributed by atoms with van der Waals surface area (Å²) in [5.74, 6) is -2.11. The van der Waals surface area contributed by atoms with E-state index in [-0.39, 0.29) is 18.4 Å². The van der Waals surface area contributed by atoms with Gasteiger partial charge in [0.05, 0.1) is 5.69 Å². The second-order valence-corrected chi connectivity index (χ2v) is 4.54. The highest BCUT2D eigenvalue weighted by atomic mass is 79.9. The van der Waals surface area contributed by atoms with Gasteiger partial charge in [0.15, 0.2) is 11.6 Å². The van der Waals surface area contributed by atoms with Gasteiger partial charge < -0.3 is 10.6 Å². The number of nitrogens with two attached hydrogens (primary N) is 1. The average molecular weight is 291 g/mol. The predicted octanol–water partition coefficient (Wildman–Crippen LogP) is 1.79. The third-order valence-electron chi connectivity index (χ3n) is 2.44. The highest BCUT2D eigenvalue weighted by Gasteiger charge is 2.29. The summed E-state index contributed by atoms with van der Waals surface area (Å²) in [6.07, 6.45) is 0.228. The summed E-state index contributed by atoms with van der Waals surface area (Å²) >= 11 is 3.10. The molecule has 16 heavy (non-hydrogen) atoms. The van der Waals surface area contributed by atoms with Gasteiger partial charge in [0, 0.05) is 29.5 Å². The molecule has 0 aliphatic carbocycles. The Bertz CT molecular complexity index is 453. The molecular formula is C10H9BrF2N2O. The second-order valence-electron chi connectivity index (χ2n) is 3.69. The maximum Gasteiger partial charge on any atom is 0.228 e. The number of hydrogen-bond donors (Lipinski definition) is 1. The smallest absolute Gasteiger partial charge is 0.228 e. The number of halogens is 3. The van der Waals surface area contributed by atoms with Crippen LogP contribution in [0.3, 0.4) is 0 Å². The maximum atomic E-state index is 13.1. The Morgan fingerprint density at radius 3 is 2.56 bits per heavy atom. The number of amides is 1. The zero-order chi connectivity index (χ0) is 11.9. The molecule has 6 heteroatoms. The third-order valence-corrected chi connectivity index (χ3v) is 3.07. The van der Waals surface area contributed by atoms with E-state index in [9.17, 15) is 13.6 Å². The second kappa shape index (κ2) is 4.10. The van der Waals surface area contributed by atoms with Crippen molar-refractivity contribution in [1.29, 1.82) is 0 Å². The van der Waals surface area contributed by atoms with E-state index in [1.165, 1.54) is 4.90 Å². The Morgan fingerprint density at radius 2 is 2.00 bits per heavy atom. The lowest BCUT2D eigenvalue weighted by molar-refractivity contribution is -0.117. The highest BCUT2D eigenvalue weighted by molar-refractivity contribution is 9.10. The first-order chi connectivity index (χ1) is 7.49. The van der Waals surface area contributed by atoms with Gasteiger partial charge in [0.1, 0.15) is 0 Å². The van der Waals surface area contributed by atoms with Crippen molar-refractivity contribution >= 4 is 27.5 Å². The predicted molar refractivity (Wildman–Crippen MR) is 59.0 cm³/mol. The van der Waals surface area contributed by atoms with E-state index in [0.717, 1.165) is 12.1 Å². The quantitative estimate of drug-likeness (QED) is 0.802. The molecule has 1 aliphatic rings. The SMILES string of the molecule is NC1CC(=O)N(c2cc(F)c(F)cc2Br)C1. The molecule has 3 nitrogen and oxygen atoms in total. The zero-order valence-electron chi connectivity index (χ0n) is 8.21. The van der Waals surface area contributed by atoms with Gasteiger partial charge >= 0.3 is 0 Å². The van der Waals surface area contributed by atoms with Gasteiger partial charge in [0.25, 0.3) is 0 Å². The van der Waals surface area contributed by atoms with Crippen LogP contribution in [-0.2, 0) is 4.79 Å². The minimum absolute atomic E-state index is 0.181. The van der Waals surface area contributed by atoms with Gasteiger partial charge in [-0.25, -0.2) is 8.78 Å². The molecule has 1 amide bonds. The van der Waals surface area contributed by atoms with E-state index < -0.39 is 11.6 Å². The molecule has 86 valence electrons. The van der Waals surface area contributed by atoms with E-state index in [4.69, 9.17) is 5.73 Å². The molecule has 1 unspecified atom stereocenters. The first-order valence-electron chi connectivity index (χ1n) is 4.69. The molecule has 1 heterocycles. The third kappa shape index (κ3) is 1.94. The number of carbonyl (C=O) groups excluding carboxylic acids is 1. The van der Waals surface area contributed by atoms with E-state index >= 15 is 0 Å². The molecule has 1 aromatic carbocycles. The molecule has 1 aromatic rings. The van der Waals surface area contributed by atoms with Crippen LogP contribution in [0.5, 0.6) is 0 Å². The van der Waals surface area contributed by atoms with Crippen LogP contribution < -0.4 is 10.6 Å². The van der Waals surface area contributed by atoms with Crippen LogP contribution in [-0.4, -0.2) is 18.5 Å². The van der Waals surface area contributed by atoms with Crippen LogP contribution in [0.25, 0.3) is 0 Å². The Labute approximate surface area is 99.3 Å². The van der Waals surface area contributed by atoms with Gasteiger partial charge in [-0.1, -0.05) is 0 Å². The zero-order valence-corrected chi connectivity index (χ0v) is 9.80. The fraction of sp³-hybridized carbons (Fsp3) is 0.300. The van der Waals surface area contributed by atoms with Crippen LogP contribution >= 0.6 is 15.9 Å². The molecule has 1 atom stereocenters. The topological polar surface area (TPSA) is 46.3 Å². The molecular weight excluding hydrogens is 282 g/mol. The van der Waals surface area contributed by atoms with Crippen LogP contribution in [0.1, 0.15) is 6.42 Å². The van der Waals surface area contributed by atoms with Crippen LogP contribution in [0.2, 0.25) is 0 Å². The largest absolute Gasteiger partial charge is 0.326 e.